The molecule has 1 amide bonds. The summed E-state index contributed by atoms with van der Waals surface area (Å²) in [5.41, 5.74) is 4.32. The Morgan fingerprint density at radius 3 is 2.59 bits per heavy atom. The van der Waals surface area contributed by atoms with Crippen LogP contribution in [0.1, 0.15) is 36.0 Å². The zero-order valence-electron chi connectivity index (χ0n) is 15.4. The molecule has 27 heavy (non-hydrogen) atoms. The van der Waals surface area contributed by atoms with E-state index in [1.54, 1.807) is 6.07 Å². The molecule has 0 saturated heterocycles. The van der Waals surface area contributed by atoms with Gasteiger partial charge in [0.25, 0.3) is 0 Å². The molecule has 2 aliphatic rings. The quantitative estimate of drug-likeness (QED) is 0.856. The molecule has 1 heterocycles. The second-order valence-electron chi connectivity index (χ2n) is 7.56. The van der Waals surface area contributed by atoms with Crippen molar-refractivity contribution < 1.29 is 13.2 Å². The van der Waals surface area contributed by atoms with Gasteiger partial charge in [-0.3, -0.25) is 9.52 Å². The molecule has 6 heteroatoms. The molecular formula is C21H24N2O3S. The standard InChI is InChI=1S/C21H24N2O3S/c1-15-4-6-16(7-5-15)14-27(25,26)22-19-11-10-17-3-2-12-23(20(17)13-19)21(24)18-8-9-18/h4-7,10-11,13,18,22H,2-3,8-9,12,14H2,1H3. The molecule has 5 nitrogen and oxygen atoms in total. The molecule has 0 radical (unpaired) electrons. The number of sulfonamides is 1. The third kappa shape index (κ3) is 4.16. The van der Waals surface area contributed by atoms with Crippen LogP contribution < -0.4 is 9.62 Å². The topological polar surface area (TPSA) is 66.5 Å². The molecule has 1 fully saturated rings. The zero-order valence-corrected chi connectivity index (χ0v) is 16.3. The van der Waals surface area contributed by atoms with Crippen LogP contribution in [0, 0.1) is 12.8 Å². The lowest BCUT2D eigenvalue weighted by molar-refractivity contribution is -0.119. The summed E-state index contributed by atoms with van der Waals surface area (Å²) in [5, 5.41) is 0. The van der Waals surface area contributed by atoms with Crippen LogP contribution in [0.3, 0.4) is 0 Å². The summed E-state index contributed by atoms with van der Waals surface area (Å²) in [6.07, 6.45) is 3.80. The van der Waals surface area contributed by atoms with E-state index in [0.717, 1.165) is 48.1 Å². The van der Waals surface area contributed by atoms with E-state index in [2.05, 4.69) is 4.72 Å². The van der Waals surface area contributed by atoms with E-state index in [4.69, 9.17) is 0 Å². The van der Waals surface area contributed by atoms with Gasteiger partial charge in [-0.05, 0) is 55.9 Å². The van der Waals surface area contributed by atoms with Gasteiger partial charge >= 0.3 is 0 Å². The van der Waals surface area contributed by atoms with Gasteiger partial charge in [0, 0.05) is 18.2 Å². The number of aryl methyl sites for hydroxylation is 2. The lowest BCUT2D eigenvalue weighted by Crippen LogP contribution is -2.36. The first-order valence-corrected chi connectivity index (χ1v) is 11.1. The summed E-state index contributed by atoms with van der Waals surface area (Å²) >= 11 is 0. The maximum absolute atomic E-state index is 12.6. The fourth-order valence-corrected chi connectivity index (χ4v) is 4.73. The summed E-state index contributed by atoms with van der Waals surface area (Å²) in [6, 6.07) is 13.0. The summed E-state index contributed by atoms with van der Waals surface area (Å²) in [5.74, 6) is 0.253. The molecule has 2 aromatic rings. The van der Waals surface area contributed by atoms with E-state index in [0.29, 0.717) is 12.2 Å². The summed E-state index contributed by atoms with van der Waals surface area (Å²) in [6.45, 7) is 2.68. The molecule has 2 aromatic carbocycles. The van der Waals surface area contributed by atoms with Crippen LogP contribution in [0.2, 0.25) is 0 Å². The maximum Gasteiger partial charge on any atom is 0.236 e. The fourth-order valence-electron chi connectivity index (χ4n) is 3.54. The van der Waals surface area contributed by atoms with Gasteiger partial charge in [-0.25, -0.2) is 8.42 Å². The van der Waals surface area contributed by atoms with Crippen molar-refractivity contribution in [2.45, 2.75) is 38.4 Å². The van der Waals surface area contributed by atoms with E-state index >= 15 is 0 Å². The van der Waals surface area contributed by atoms with Crippen molar-refractivity contribution in [2.75, 3.05) is 16.2 Å². The van der Waals surface area contributed by atoms with Gasteiger partial charge in [0.1, 0.15) is 0 Å². The SMILES string of the molecule is Cc1ccc(CS(=O)(=O)Nc2ccc3c(c2)N(C(=O)C2CC2)CCC3)cc1. The Morgan fingerprint density at radius 1 is 1.15 bits per heavy atom. The van der Waals surface area contributed by atoms with Crippen molar-refractivity contribution in [3.63, 3.8) is 0 Å². The van der Waals surface area contributed by atoms with Crippen molar-refractivity contribution in [3.05, 3.63) is 59.2 Å². The molecule has 0 bridgehead atoms. The van der Waals surface area contributed by atoms with E-state index in [9.17, 15) is 13.2 Å². The predicted molar refractivity (Wildman–Crippen MR) is 107 cm³/mol. The first kappa shape index (κ1) is 18.0. The summed E-state index contributed by atoms with van der Waals surface area (Å²) < 4.78 is 27.8. The molecule has 1 aliphatic heterocycles. The number of hydrogen-bond acceptors (Lipinski definition) is 3. The van der Waals surface area contributed by atoms with Crippen molar-refractivity contribution in [1.29, 1.82) is 0 Å². The van der Waals surface area contributed by atoms with Crippen molar-refractivity contribution in [1.82, 2.24) is 0 Å². The van der Waals surface area contributed by atoms with E-state index in [1.807, 2.05) is 48.2 Å². The number of rotatable bonds is 5. The number of hydrogen-bond donors (Lipinski definition) is 1. The van der Waals surface area contributed by atoms with E-state index < -0.39 is 10.0 Å². The minimum atomic E-state index is -3.52. The number of nitrogens with one attached hydrogen (secondary N) is 1. The van der Waals surface area contributed by atoms with Crippen LogP contribution in [0.25, 0.3) is 0 Å². The largest absolute Gasteiger partial charge is 0.312 e. The third-order valence-electron chi connectivity index (χ3n) is 5.15. The fraction of sp³-hybridized carbons (Fsp3) is 0.381. The van der Waals surface area contributed by atoms with E-state index in [-0.39, 0.29) is 17.6 Å². The second kappa shape index (κ2) is 7.00. The number of anilines is 2. The van der Waals surface area contributed by atoms with Gasteiger partial charge in [-0.15, -0.1) is 0 Å². The van der Waals surface area contributed by atoms with Gasteiger partial charge in [-0.1, -0.05) is 35.9 Å². The third-order valence-corrected chi connectivity index (χ3v) is 6.41. The van der Waals surface area contributed by atoms with Crippen molar-refractivity contribution in [2.24, 2.45) is 5.92 Å². The molecular weight excluding hydrogens is 360 g/mol. The molecule has 0 unspecified atom stereocenters. The van der Waals surface area contributed by atoms with Crippen LogP contribution in [-0.2, 0) is 27.0 Å². The van der Waals surface area contributed by atoms with Gasteiger partial charge < -0.3 is 4.90 Å². The molecule has 1 N–H and O–H groups in total. The van der Waals surface area contributed by atoms with Crippen LogP contribution >= 0.6 is 0 Å². The van der Waals surface area contributed by atoms with Crippen molar-refractivity contribution >= 4 is 27.3 Å². The normalized spacial score (nSPS) is 16.7. The molecule has 142 valence electrons. The number of carbonyl (C=O) groups excluding carboxylic acids is 1. The van der Waals surface area contributed by atoms with Gasteiger partial charge in [0.05, 0.1) is 11.4 Å². The number of fused-ring (bicyclic) bond motifs is 1. The number of amides is 1. The van der Waals surface area contributed by atoms with Crippen LogP contribution in [0.15, 0.2) is 42.5 Å². The minimum Gasteiger partial charge on any atom is -0.312 e. The average molecular weight is 385 g/mol. The highest BCUT2D eigenvalue weighted by Gasteiger charge is 2.35. The molecule has 1 aliphatic carbocycles. The number of benzene rings is 2. The highest BCUT2D eigenvalue weighted by atomic mass is 32.2. The van der Waals surface area contributed by atoms with Crippen LogP contribution in [0.4, 0.5) is 11.4 Å². The van der Waals surface area contributed by atoms with Gasteiger partial charge in [0.2, 0.25) is 15.9 Å². The van der Waals surface area contributed by atoms with Crippen molar-refractivity contribution in [3.8, 4) is 0 Å². The monoisotopic (exact) mass is 384 g/mol. The first-order chi connectivity index (χ1) is 12.9. The molecule has 1 saturated carbocycles. The summed E-state index contributed by atoms with van der Waals surface area (Å²) in [4.78, 5) is 14.4. The van der Waals surface area contributed by atoms with Crippen LogP contribution in [-0.4, -0.2) is 20.9 Å². The molecule has 4 rings (SSSR count). The Morgan fingerprint density at radius 2 is 1.89 bits per heavy atom. The highest BCUT2D eigenvalue weighted by molar-refractivity contribution is 7.91. The number of carbonyl (C=O) groups is 1. The second-order valence-corrected chi connectivity index (χ2v) is 9.28. The van der Waals surface area contributed by atoms with Gasteiger partial charge in [0.15, 0.2) is 0 Å². The number of nitrogens with zero attached hydrogens (tertiary/aromatic N) is 1. The Hall–Kier alpha value is -2.34. The van der Waals surface area contributed by atoms with Gasteiger partial charge in [-0.2, -0.15) is 0 Å². The Labute approximate surface area is 160 Å². The summed E-state index contributed by atoms with van der Waals surface area (Å²) in [7, 11) is -3.52. The minimum absolute atomic E-state index is 0.0743. The molecule has 0 aromatic heterocycles. The smallest absolute Gasteiger partial charge is 0.236 e. The highest BCUT2D eigenvalue weighted by Crippen LogP contribution is 2.37. The lowest BCUT2D eigenvalue weighted by Gasteiger charge is -2.30. The Bertz CT molecular complexity index is 963. The Balaban J connectivity index is 1.54. The average Bonchev–Trinajstić information content (AvgIpc) is 3.47. The molecule has 0 atom stereocenters. The molecule has 0 spiro atoms. The maximum atomic E-state index is 12.6. The lowest BCUT2D eigenvalue weighted by atomic mass is 10.0. The zero-order chi connectivity index (χ0) is 19.0. The van der Waals surface area contributed by atoms with Crippen LogP contribution in [0.5, 0.6) is 0 Å². The first-order valence-electron chi connectivity index (χ1n) is 9.42. The van der Waals surface area contributed by atoms with E-state index in [1.165, 1.54) is 0 Å². The predicted octanol–water partition coefficient (Wildman–Crippen LogP) is 3.63. The Kier molecular flexibility index (Phi) is 4.68.